The maximum atomic E-state index is 5.74. The Morgan fingerprint density at radius 3 is 1.89 bits per heavy atom. The van der Waals surface area contributed by atoms with Crippen molar-refractivity contribution < 1.29 is 4.74 Å². The molecule has 0 aliphatic heterocycles. The molecular weight excluding hydrogens is 232 g/mol. The normalized spacial score (nSPS) is 12.1. The molecular formula is C18H30O. The van der Waals surface area contributed by atoms with Crippen LogP contribution in [0.2, 0.25) is 0 Å². The molecule has 0 aliphatic rings. The maximum Gasteiger partial charge on any atom is 0.125 e. The van der Waals surface area contributed by atoms with Crippen molar-refractivity contribution in [2.24, 2.45) is 0 Å². The number of hydrogen-bond donors (Lipinski definition) is 0. The monoisotopic (exact) mass is 262 g/mol. The fourth-order valence-electron chi connectivity index (χ4n) is 2.90. The fraction of sp³-hybridized carbons (Fsp3) is 0.667. The molecule has 0 fully saturated rings. The van der Waals surface area contributed by atoms with E-state index in [9.17, 15) is 0 Å². The largest absolute Gasteiger partial charge is 0.496 e. The first-order valence-electron chi connectivity index (χ1n) is 7.50. The van der Waals surface area contributed by atoms with E-state index in [1.807, 2.05) is 0 Å². The Morgan fingerprint density at radius 2 is 1.58 bits per heavy atom. The quantitative estimate of drug-likeness (QED) is 0.721. The average molecular weight is 262 g/mol. The third-order valence-electron chi connectivity index (χ3n) is 3.87. The first-order chi connectivity index (χ1) is 8.77. The molecule has 19 heavy (non-hydrogen) atoms. The molecule has 0 unspecified atom stereocenters. The highest BCUT2D eigenvalue weighted by atomic mass is 16.5. The minimum absolute atomic E-state index is 0.186. The van der Waals surface area contributed by atoms with Gasteiger partial charge in [-0.25, -0.2) is 0 Å². The van der Waals surface area contributed by atoms with E-state index in [1.165, 1.54) is 22.3 Å². The van der Waals surface area contributed by atoms with Crippen molar-refractivity contribution >= 4 is 0 Å². The van der Waals surface area contributed by atoms with Crippen molar-refractivity contribution in [3.05, 3.63) is 28.3 Å². The molecule has 0 radical (unpaired) electrons. The van der Waals surface area contributed by atoms with Crippen LogP contribution in [0.5, 0.6) is 5.75 Å². The second-order valence-corrected chi connectivity index (χ2v) is 6.62. The second kappa shape index (κ2) is 5.98. The zero-order valence-corrected chi connectivity index (χ0v) is 14.0. The number of benzene rings is 1. The van der Waals surface area contributed by atoms with Gasteiger partial charge in [-0.3, -0.25) is 0 Å². The molecule has 0 aromatic heterocycles. The van der Waals surface area contributed by atoms with E-state index in [2.05, 4.69) is 54.5 Å². The van der Waals surface area contributed by atoms with Gasteiger partial charge >= 0.3 is 0 Å². The van der Waals surface area contributed by atoms with Gasteiger partial charge in [-0.2, -0.15) is 0 Å². The third-order valence-corrected chi connectivity index (χ3v) is 3.87. The van der Waals surface area contributed by atoms with Crippen molar-refractivity contribution in [3.63, 3.8) is 0 Å². The molecule has 1 aromatic rings. The van der Waals surface area contributed by atoms with E-state index in [-0.39, 0.29) is 5.41 Å². The van der Waals surface area contributed by atoms with Crippen LogP contribution < -0.4 is 4.74 Å². The lowest BCUT2D eigenvalue weighted by Crippen LogP contribution is -2.17. The summed E-state index contributed by atoms with van der Waals surface area (Å²) in [5, 5.41) is 0. The first kappa shape index (κ1) is 16.1. The Balaban J connectivity index is 3.71. The van der Waals surface area contributed by atoms with Gasteiger partial charge in [0.2, 0.25) is 0 Å². The van der Waals surface area contributed by atoms with Crippen LogP contribution in [0.3, 0.4) is 0 Å². The van der Waals surface area contributed by atoms with Gasteiger partial charge in [0.25, 0.3) is 0 Å². The van der Waals surface area contributed by atoms with E-state index in [0.29, 0.717) is 5.92 Å². The molecule has 0 spiro atoms. The molecule has 1 rings (SSSR count). The van der Waals surface area contributed by atoms with Crippen LogP contribution in [-0.2, 0) is 18.3 Å². The summed E-state index contributed by atoms with van der Waals surface area (Å²) in [7, 11) is 1.80. The average Bonchev–Trinajstić information content (AvgIpc) is 2.34. The van der Waals surface area contributed by atoms with Crippen LogP contribution in [0.4, 0.5) is 0 Å². The van der Waals surface area contributed by atoms with E-state index >= 15 is 0 Å². The number of rotatable bonds is 4. The van der Waals surface area contributed by atoms with Crippen LogP contribution in [-0.4, -0.2) is 7.11 Å². The molecule has 0 atom stereocenters. The molecule has 0 saturated heterocycles. The Kier molecular flexibility index (Phi) is 5.06. The summed E-state index contributed by atoms with van der Waals surface area (Å²) in [6.45, 7) is 15.9. The van der Waals surface area contributed by atoms with Crippen LogP contribution in [0.15, 0.2) is 6.07 Å². The van der Waals surface area contributed by atoms with Gasteiger partial charge in [0.15, 0.2) is 0 Å². The topological polar surface area (TPSA) is 9.23 Å². The lowest BCUT2D eigenvalue weighted by molar-refractivity contribution is 0.401. The van der Waals surface area contributed by atoms with Crippen molar-refractivity contribution in [2.45, 2.75) is 72.6 Å². The molecule has 1 nitrogen and oxygen atoms in total. The lowest BCUT2D eigenvalue weighted by Gasteiger charge is -2.28. The number of hydrogen-bond acceptors (Lipinski definition) is 1. The summed E-state index contributed by atoms with van der Waals surface area (Å²) in [6, 6.07) is 2.38. The molecule has 0 amide bonds. The third kappa shape index (κ3) is 3.13. The van der Waals surface area contributed by atoms with Gasteiger partial charge in [0.05, 0.1) is 7.11 Å². The van der Waals surface area contributed by atoms with E-state index in [0.717, 1.165) is 18.6 Å². The van der Waals surface area contributed by atoms with E-state index < -0.39 is 0 Å². The van der Waals surface area contributed by atoms with E-state index in [1.54, 1.807) is 7.11 Å². The lowest BCUT2D eigenvalue weighted by atomic mass is 9.78. The Labute approximate surface area is 119 Å². The number of methoxy groups -OCH3 is 1. The minimum Gasteiger partial charge on any atom is -0.496 e. The summed E-state index contributed by atoms with van der Waals surface area (Å²) in [6.07, 6.45) is 2.11. The first-order valence-corrected chi connectivity index (χ1v) is 7.50. The van der Waals surface area contributed by atoms with Gasteiger partial charge in [0.1, 0.15) is 5.75 Å². The van der Waals surface area contributed by atoms with Crippen molar-refractivity contribution in [3.8, 4) is 5.75 Å². The second-order valence-electron chi connectivity index (χ2n) is 6.62. The molecule has 0 aliphatic carbocycles. The zero-order valence-electron chi connectivity index (χ0n) is 14.0. The summed E-state index contributed by atoms with van der Waals surface area (Å²) in [5.74, 6) is 1.61. The van der Waals surface area contributed by atoms with Crippen LogP contribution in [0.25, 0.3) is 0 Å². The van der Waals surface area contributed by atoms with Gasteiger partial charge in [-0.05, 0) is 46.4 Å². The predicted molar refractivity (Wildman–Crippen MR) is 84.5 cm³/mol. The van der Waals surface area contributed by atoms with Crippen LogP contribution in [0.1, 0.15) is 76.6 Å². The van der Waals surface area contributed by atoms with Crippen molar-refractivity contribution in [1.82, 2.24) is 0 Å². The summed E-state index contributed by atoms with van der Waals surface area (Å²) in [5.41, 5.74) is 5.90. The smallest absolute Gasteiger partial charge is 0.125 e. The number of ether oxygens (including phenoxy) is 1. The Bertz CT molecular complexity index is 436. The zero-order chi connectivity index (χ0) is 14.8. The standard InChI is InChI=1S/C18H30O/c1-9-13-14(10-2)17(19-8)15(12(3)4)11-16(13)18(5,6)7/h11-12H,9-10H2,1-8H3. The van der Waals surface area contributed by atoms with Crippen molar-refractivity contribution in [1.29, 1.82) is 0 Å². The molecule has 0 bridgehead atoms. The summed E-state index contributed by atoms with van der Waals surface area (Å²) >= 11 is 0. The van der Waals surface area contributed by atoms with Crippen LogP contribution in [0, 0.1) is 0 Å². The molecule has 1 heteroatoms. The maximum absolute atomic E-state index is 5.74. The SMILES string of the molecule is CCc1c(C(C)(C)C)cc(C(C)C)c(OC)c1CC. The summed E-state index contributed by atoms with van der Waals surface area (Å²) in [4.78, 5) is 0. The molecule has 0 saturated carbocycles. The highest BCUT2D eigenvalue weighted by Gasteiger charge is 2.24. The van der Waals surface area contributed by atoms with E-state index in [4.69, 9.17) is 4.74 Å². The molecule has 0 N–H and O–H groups in total. The van der Waals surface area contributed by atoms with Gasteiger partial charge in [0, 0.05) is 0 Å². The fourth-order valence-corrected chi connectivity index (χ4v) is 2.90. The summed E-state index contributed by atoms with van der Waals surface area (Å²) < 4.78 is 5.74. The molecule has 1 aromatic carbocycles. The van der Waals surface area contributed by atoms with Crippen LogP contribution >= 0.6 is 0 Å². The van der Waals surface area contributed by atoms with Gasteiger partial charge < -0.3 is 4.74 Å². The predicted octanol–water partition coefficient (Wildman–Crippen LogP) is 5.24. The van der Waals surface area contributed by atoms with Crippen molar-refractivity contribution in [2.75, 3.05) is 7.11 Å². The molecule has 108 valence electrons. The molecule has 0 heterocycles. The van der Waals surface area contributed by atoms with Gasteiger partial charge in [-0.15, -0.1) is 0 Å². The Morgan fingerprint density at radius 1 is 1.05 bits per heavy atom. The Hall–Kier alpha value is -0.980. The highest BCUT2D eigenvalue weighted by Crippen LogP contribution is 2.39. The minimum atomic E-state index is 0.186. The van der Waals surface area contributed by atoms with Gasteiger partial charge in [-0.1, -0.05) is 54.5 Å². The highest BCUT2D eigenvalue weighted by molar-refractivity contribution is 5.53.